The fraction of sp³-hybridized carbons (Fsp3) is 0.333. The van der Waals surface area contributed by atoms with Gasteiger partial charge in [0, 0.05) is 34.3 Å². The highest BCUT2D eigenvalue weighted by Gasteiger charge is 2.70. The van der Waals surface area contributed by atoms with E-state index < -0.39 is 47.0 Å². The van der Waals surface area contributed by atoms with Gasteiger partial charge in [-0.25, -0.2) is 0 Å². The van der Waals surface area contributed by atoms with Gasteiger partial charge in [0.2, 0.25) is 23.6 Å². The minimum absolute atomic E-state index is 0.00890. The van der Waals surface area contributed by atoms with E-state index in [1.807, 2.05) is 0 Å². The van der Waals surface area contributed by atoms with Crippen LogP contribution in [0.15, 0.2) is 42.5 Å². The fourth-order valence-corrected chi connectivity index (χ4v) is 5.71. The topological polar surface area (TPSA) is 131 Å². The third kappa shape index (κ3) is 3.19. The summed E-state index contributed by atoms with van der Waals surface area (Å²) < 4.78 is 5.38. The number of ether oxygens (including phenoxy) is 1. The molecule has 4 amide bonds. The van der Waals surface area contributed by atoms with Crippen molar-refractivity contribution in [3.63, 3.8) is 0 Å². The molecule has 1 spiro atoms. The van der Waals surface area contributed by atoms with Crippen molar-refractivity contribution in [3.05, 3.63) is 58.6 Å². The van der Waals surface area contributed by atoms with E-state index in [0.29, 0.717) is 27.6 Å². The maximum absolute atomic E-state index is 13.8. The summed E-state index contributed by atoms with van der Waals surface area (Å²) in [5, 5.41) is 6.47. The van der Waals surface area contributed by atoms with Crippen molar-refractivity contribution in [3.8, 4) is 5.75 Å². The summed E-state index contributed by atoms with van der Waals surface area (Å²) in [6.45, 7) is 0.0112. The Morgan fingerprint density at radius 2 is 1.94 bits per heavy atom. The maximum Gasteiger partial charge on any atom is 0.250 e. The normalized spacial score (nSPS) is 27.2. The number of para-hydroxylation sites is 1. The van der Waals surface area contributed by atoms with Crippen LogP contribution in [0.1, 0.15) is 24.0 Å². The Hall–Kier alpha value is -3.43. The molecule has 2 aromatic rings. The van der Waals surface area contributed by atoms with E-state index in [-0.39, 0.29) is 19.4 Å². The van der Waals surface area contributed by atoms with Gasteiger partial charge in [-0.05, 0) is 30.7 Å². The number of nitrogens with zero attached hydrogens (tertiary/aromatic N) is 1. The summed E-state index contributed by atoms with van der Waals surface area (Å²) in [5.41, 5.74) is 5.59. The first kappa shape index (κ1) is 22.4. The Kier molecular flexibility index (Phi) is 5.33. The summed E-state index contributed by atoms with van der Waals surface area (Å²) in [5.74, 6) is -3.09. The summed E-state index contributed by atoms with van der Waals surface area (Å²) in [6, 6.07) is 11.5. The van der Waals surface area contributed by atoms with Gasteiger partial charge < -0.3 is 15.8 Å². The minimum Gasteiger partial charge on any atom is -0.496 e. The van der Waals surface area contributed by atoms with Crippen molar-refractivity contribution in [2.45, 2.75) is 31.0 Å². The molecule has 2 aromatic carbocycles. The number of fused-ring (bicyclic) bond motifs is 4. The number of methoxy groups -OCH3 is 1. The number of primary amides is 1. The predicted octanol–water partition coefficient (Wildman–Crippen LogP) is 1.53. The van der Waals surface area contributed by atoms with Gasteiger partial charge in [0.1, 0.15) is 11.3 Å². The third-order valence-corrected chi connectivity index (χ3v) is 7.23. The molecule has 9 nitrogen and oxygen atoms in total. The second-order valence-corrected chi connectivity index (χ2v) is 9.22. The molecule has 3 aliphatic heterocycles. The molecule has 176 valence electrons. The molecule has 34 heavy (non-hydrogen) atoms. The van der Waals surface area contributed by atoms with Gasteiger partial charge in [0.25, 0.3) is 0 Å². The molecule has 4 atom stereocenters. The van der Waals surface area contributed by atoms with Crippen molar-refractivity contribution in [1.82, 2.24) is 10.2 Å². The zero-order chi connectivity index (χ0) is 24.2. The molecule has 0 aliphatic carbocycles. The van der Waals surface area contributed by atoms with Crippen LogP contribution >= 0.6 is 11.6 Å². The third-order valence-electron chi connectivity index (χ3n) is 6.99. The highest BCUT2D eigenvalue weighted by atomic mass is 35.5. The first-order chi connectivity index (χ1) is 16.3. The summed E-state index contributed by atoms with van der Waals surface area (Å²) in [6.07, 6.45) is 0.220. The first-order valence-electron chi connectivity index (χ1n) is 10.9. The number of halogens is 1. The number of carbonyl (C=O) groups excluding carboxylic acids is 4. The Morgan fingerprint density at radius 3 is 2.68 bits per heavy atom. The van der Waals surface area contributed by atoms with E-state index in [2.05, 4.69) is 10.6 Å². The fourth-order valence-electron chi connectivity index (χ4n) is 5.54. The van der Waals surface area contributed by atoms with Gasteiger partial charge in [0.05, 0.1) is 25.5 Å². The van der Waals surface area contributed by atoms with Gasteiger partial charge in [-0.2, -0.15) is 0 Å². The molecular weight excluding hydrogens is 460 g/mol. The summed E-state index contributed by atoms with van der Waals surface area (Å²) in [4.78, 5) is 53.5. The summed E-state index contributed by atoms with van der Waals surface area (Å²) >= 11 is 6.24. The lowest BCUT2D eigenvalue weighted by atomic mass is 9.76. The number of nitrogens with one attached hydrogen (secondary N) is 2. The lowest BCUT2D eigenvalue weighted by Gasteiger charge is -2.29. The average molecular weight is 483 g/mol. The second kappa shape index (κ2) is 8.11. The number of likely N-dealkylation sites (tertiary alicyclic amines) is 1. The summed E-state index contributed by atoms with van der Waals surface area (Å²) in [7, 11) is 1.52. The zero-order valence-electron chi connectivity index (χ0n) is 18.3. The van der Waals surface area contributed by atoms with Crippen LogP contribution in [-0.4, -0.2) is 41.7 Å². The van der Waals surface area contributed by atoms with Crippen molar-refractivity contribution < 1.29 is 23.9 Å². The number of hydrogen-bond acceptors (Lipinski definition) is 6. The average Bonchev–Trinajstić information content (AvgIpc) is 3.39. The number of imide groups is 1. The quantitative estimate of drug-likeness (QED) is 0.535. The second-order valence-electron chi connectivity index (χ2n) is 8.79. The Balaban J connectivity index is 1.59. The number of carbonyl (C=O) groups is 4. The van der Waals surface area contributed by atoms with Crippen LogP contribution < -0.4 is 21.1 Å². The molecule has 0 saturated carbocycles. The van der Waals surface area contributed by atoms with Crippen LogP contribution in [0.25, 0.3) is 0 Å². The van der Waals surface area contributed by atoms with Crippen molar-refractivity contribution in [2.75, 3.05) is 12.4 Å². The number of anilines is 1. The van der Waals surface area contributed by atoms with Crippen LogP contribution in [0.3, 0.4) is 0 Å². The highest BCUT2D eigenvalue weighted by molar-refractivity contribution is 6.31. The van der Waals surface area contributed by atoms with E-state index in [1.165, 1.54) is 12.0 Å². The molecule has 2 saturated heterocycles. The van der Waals surface area contributed by atoms with E-state index in [9.17, 15) is 19.2 Å². The Labute approximate surface area is 200 Å². The number of amides is 4. The molecule has 10 heteroatoms. The van der Waals surface area contributed by atoms with Crippen LogP contribution in [0.2, 0.25) is 5.02 Å². The largest absolute Gasteiger partial charge is 0.496 e. The monoisotopic (exact) mass is 482 g/mol. The van der Waals surface area contributed by atoms with Gasteiger partial charge in [-0.15, -0.1) is 0 Å². The lowest BCUT2D eigenvalue weighted by Crippen LogP contribution is -2.53. The SMILES string of the molecule is COc1ccccc1CN1C(=O)[C@H]2[C@H](CCC(N)=O)N[C@]3(C(=O)Nc4ccc(Cl)cc43)[C@H]2C1=O. The molecule has 0 aromatic heterocycles. The Morgan fingerprint density at radius 1 is 1.18 bits per heavy atom. The van der Waals surface area contributed by atoms with E-state index in [0.717, 1.165) is 0 Å². The minimum atomic E-state index is -1.48. The number of benzene rings is 2. The highest BCUT2D eigenvalue weighted by Crippen LogP contribution is 2.54. The van der Waals surface area contributed by atoms with Crippen molar-refractivity contribution >= 4 is 40.9 Å². The molecule has 0 unspecified atom stereocenters. The molecular formula is C24H23ClN4O5. The van der Waals surface area contributed by atoms with Crippen LogP contribution in [-0.2, 0) is 31.3 Å². The smallest absolute Gasteiger partial charge is 0.250 e. The maximum atomic E-state index is 13.8. The van der Waals surface area contributed by atoms with Crippen LogP contribution in [0.4, 0.5) is 5.69 Å². The van der Waals surface area contributed by atoms with E-state index >= 15 is 0 Å². The van der Waals surface area contributed by atoms with E-state index in [1.54, 1.807) is 42.5 Å². The molecule has 4 N–H and O–H groups in total. The van der Waals surface area contributed by atoms with Gasteiger partial charge >= 0.3 is 0 Å². The standard InChI is InChI=1S/C24H23ClN4O5/c1-34-17-5-3-2-4-12(17)11-29-21(31)19-16(8-9-18(26)30)28-24(20(19)22(29)32)14-10-13(25)6-7-15(14)27-23(24)33/h2-7,10,16,19-20,28H,8-9,11H2,1H3,(H2,26,30)(H,27,33)/t16-,19-,20+,24-/m0/s1. The molecule has 3 aliphatic rings. The number of nitrogens with two attached hydrogens (primary N) is 1. The molecule has 0 radical (unpaired) electrons. The predicted molar refractivity (Wildman–Crippen MR) is 123 cm³/mol. The van der Waals surface area contributed by atoms with Gasteiger partial charge in [-0.1, -0.05) is 29.8 Å². The van der Waals surface area contributed by atoms with Crippen molar-refractivity contribution in [2.24, 2.45) is 17.6 Å². The Bertz CT molecular complexity index is 1230. The van der Waals surface area contributed by atoms with Crippen molar-refractivity contribution in [1.29, 1.82) is 0 Å². The van der Waals surface area contributed by atoms with Gasteiger partial charge in [0.15, 0.2) is 0 Å². The molecule has 3 heterocycles. The van der Waals surface area contributed by atoms with Gasteiger partial charge in [-0.3, -0.25) is 29.4 Å². The first-order valence-corrected chi connectivity index (χ1v) is 11.3. The van der Waals surface area contributed by atoms with Crippen LogP contribution in [0.5, 0.6) is 5.75 Å². The zero-order valence-corrected chi connectivity index (χ0v) is 19.1. The molecule has 5 rings (SSSR count). The number of rotatable bonds is 6. The van der Waals surface area contributed by atoms with Crippen LogP contribution in [0, 0.1) is 11.8 Å². The lowest BCUT2D eigenvalue weighted by molar-refractivity contribution is -0.143. The molecule has 0 bridgehead atoms. The number of hydrogen-bond donors (Lipinski definition) is 3. The van der Waals surface area contributed by atoms with E-state index in [4.69, 9.17) is 22.1 Å². The molecule has 2 fully saturated rings.